The molecule has 5 nitrogen and oxygen atoms in total. The molecule has 88 valence electrons. The lowest BCUT2D eigenvalue weighted by Gasteiger charge is -2.17. The van der Waals surface area contributed by atoms with Crippen molar-refractivity contribution in [2.75, 3.05) is 24.6 Å². The van der Waals surface area contributed by atoms with Crippen LogP contribution in [-0.4, -0.2) is 35.9 Å². The lowest BCUT2D eigenvalue weighted by molar-refractivity contribution is -0.131. The van der Waals surface area contributed by atoms with Gasteiger partial charge in [-0.2, -0.15) is 0 Å². The molecular weight excluding hydrogens is 210 g/mol. The predicted octanol–water partition coefficient (Wildman–Crippen LogP) is 1.20. The molecule has 5 heteroatoms. The van der Waals surface area contributed by atoms with E-state index in [9.17, 15) is 4.79 Å². The van der Waals surface area contributed by atoms with Gasteiger partial charge in [0.1, 0.15) is 5.76 Å². The smallest absolute Gasteiger partial charge is 0.328 e. The van der Waals surface area contributed by atoms with Crippen molar-refractivity contribution in [1.82, 2.24) is 0 Å². The van der Waals surface area contributed by atoms with Gasteiger partial charge in [0.25, 0.3) is 0 Å². The Morgan fingerprint density at radius 2 is 2.31 bits per heavy atom. The molecule has 0 aromatic carbocycles. The van der Waals surface area contributed by atoms with Crippen LogP contribution in [0, 0.1) is 0 Å². The van der Waals surface area contributed by atoms with Crippen LogP contribution in [0.4, 0.5) is 5.88 Å². The van der Waals surface area contributed by atoms with Crippen LogP contribution in [0.5, 0.6) is 0 Å². The minimum Gasteiger partial charge on any atom is -0.478 e. The van der Waals surface area contributed by atoms with Gasteiger partial charge >= 0.3 is 5.97 Å². The first-order valence-corrected chi connectivity index (χ1v) is 5.04. The first-order chi connectivity index (χ1) is 7.67. The Kier molecular flexibility index (Phi) is 4.60. The van der Waals surface area contributed by atoms with Crippen LogP contribution in [0.15, 0.2) is 22.6 Å². The Balaban J connectivity index is 2.73. The van der Waals surface area contributed by atoms with Crippen molar-refractivity contribution in [2.24, 2.45) is 0 Å². The molecule has 1 rings (SSSR count). The van der Waals surface area contributed by atoms with Crippen LogP contribution < -0.4 is 4.90 Å². The highest BCUT2D eigenvalue weighted by Gasteiger charge is 2.07. The number of furan rings is 1. The van der Waals surface area contributed by atoms with E-state index >= 15 is 0 Å². The molecule has 1 aromatic rings. The average Bonchev–Trinajstić information content (AvgIpc) is 2.71. The number of hydrogen-bond donors (Lipinski definition) is 2. The van der Waals surface area contributed by atoms with Gasteiger partial charge in [-0.3, -0.25) is 0 Å². The summed E-state index contributed by atoms with van der Waals surface area (Å²) >= 11 is 0. The van der Waals surface area contributed by atoms with Gasteiger partial charge in [-0.25, -0.2) is 4.79 Å². The lowest BCUT2D eigenvalue weighted by Crippen LogP contribution is -2.25. The molecule has 1 heterocycles. The standard InChI is InChI=1S/C11H15NO4/c1-2-12(7-8-13)10-5-3-9(16-10)4-6-11(14)15/h3-6,13H,2,7-8H2,1H3,(H,14,15)/b6-4+. The van der Waals surface area contributed by atoms with Crippen LogP contribution >= 0.6 is 0 Å². The first-order valence-electron chi connectivity index (χ1n) is 5.04. The zero-order valence-electron chi connectivity index (χ0n) is 9.09. The monoisotopic (exact) mass is 225 g/mol. The molecular formula is C11H15NO4. The molecule has 0 fully saturated rings. The number of hydrogen-bond acceptors (Lipinski definition) is 4. The second-order valence-electron chi connectivity index (χ2n) is 3.15. The highest BCUT2D eigenvalue weighted by molar-refractivity contribution is 5.84. The maximum Gasteiger partial charge on any atom is 0.328 e. The second kappa shape index (κ2) is 5.97. The summed E-state index contributed by atoms with van der Waals surface area (Å²) in [7, 11) is 0. The normalized spacial score (nSPS) is 10.9. The first kappa shape index (κ1) is 12.3. The molecule has 0 aliphatic carbocycles. The fourth-order valence-corrected chi connectivity index (χ4v) is 1.30. The van der Waals surface area contributed by atoms with Gasteiger partial charge in [0.15, 0.2) is 5.88 Å². The lowest BCUT2D eigenvalue weighted by atomic mass is 10.4. The molecule has 0 saturated heterocycles. The van der Waals surface area contributed by atoms with Gasteiger partial charge in [0, 0.05) is 25.2 Å². The quantitative estimate of drug-likeness (QED) is 0.711. The third kappa shape index (κ3) is 3.43. The van der Waals surface area contributed by atoms with E-state index in [4.69, 9.17) is 14.6 Å². The zero-order valence-corrected chi connectivity index (χ0v) is 9.09. The predicted molar refractivity (Wildman–Crippen MR) is 60.4 cm³/mol. The van der Waals surface area contributed by atoms with Crippen LogP contribution in [-0.2, 0) is 4.79 Å². The average molecular weight is 225 g/mol. The van der Waals surface area contributed by atoms with Crippen molar-refractivity contribution in [2.45, 2.75) is 6.92 Å². The fraction of sp³-hybridized carbons (Fsp3) is 0.364. The van der Waals surface area contributed by atoms with Gasteiger partial charge in [0.2, 0.25) is 0 Å². The van der Waals surface area contributed by atoms with E-state index in [1.165, 1.54) is 6.08 Å². The molecule has 1 aromatic heterocycles. The van der Waals surface area contributed by atoms with E-state index in [0.29, 0.717) is 18.2 Å². The molecule has 0 spiro atoms. The van der Waals surface area contributed by atoms with E-state index < -0.39 is 5.97 Å². The number of carbonyl (C=O) groups is 1. The molecule has 0 radical (unpaired) electrons. The number of likely N-dealkylation sites (N-methyl/N-ethyl adjacent to an activating group) is 1. The number of rotatable bonds is 6. The molecule has 2 N–H and O–H groups in total. The topological polar surface area (TPSA) is 73.9 Å². The highest BCUT2D eigenvalue weighted by atomic mass is 16.4. The van der Waals surface area contributed by atoms with Crippen molar-refractivity contribution < 1.29 is 19.4 Å². The highest BCUT2D eigenvalue weighted by Crippen LogP contribution is 2.18. The minimum absolute atomic E-state index is 0.0504. The zero-order chi connectivity index (χ0) is 12.0. The second-order valence-corrected chi connectivity index (χ2v) is 3.15. The molecule has 0 aliphatic heterocycles. The number of carboxylic acid groups (broad SMARTS) is 1. The van der Waals surface area contributed by atoms with Gasteiger partial charge in [0.05, 0.1) is 6.61 Å². The summed E-state index contributed by atoms with van der Waals surface area (Å²) in [5.41, 5.74) is 0. The maximum absolute atomic E-state index is 10.3. The van der Waals surface area contributed by atoms with Gasteiger partial charge < -0.3 is 19.5 Å². The van der Waals surface area contributed by atoms with Gasteiger partial charge in [-0.15, -0.1) is 0 Å². The molecule has 16 heavy (non-hydrogen) atoms. The van der Waals surface area contributed by atoms with Crippen molar-refractivity contribution in [3.8, 4) is 0 Å². The van der Waals surface area contributed by atoms with E-state index in [-0.39, 0.29) is 6.61 Å². The van der Waals surface area contributed by atoms with E-state index in [0.717, 1.165) is 12.6 Å². The summed E-state index contributed by atoms with van der Waals surface area (Å²) in [5.74, 6) is 0.0936. The summed E-state index contributed by atoms with van der Waals surface area (Å²) in [6, 6.07) is 3.44. The van der Waals surface area contributed by atoms with Crippen molar-refractivity contribution in [3.63, 3.8) is 0 Å². The summed E-state index contributed by atoms with van der Waals surface area (Å²) in [6.07, 6.45) is 2.41. The largest absolute Gasteiger partial charge is 0.478 e. The van der Waals surface area contributed by atoms with E-state index in [2.05, 4.69) is 0 Å². The number of anilines is 1. The van der Waals surface area contributed by atoms with E-state index in [1.807, 2.05) is 11.8 Å². The summed E-state index contributed by atoms with van der Waals surface area (Å²) in [5, 5.41) is 17.3. The summed E-state index contributed by atoms with van der Waals surface area (Å²) in [6.45, 7) is 3.21. The van der Waals surface area contributed by atoms with Crippen LogP contribution in [0.25, 0.3) is 6.08 Å². The van der Waals surface area contributed by atoms with Crippen molar-refractivity contribution in [1.29, 1.82) is 0 Å². The summed E-state index contributed by atoms with van der Waals surface area (Å²) in [4.78, 5) is 12.2. The van der Waals surface area contributed by atoms with Crippen LogP contribution in [0.2, 0.25) is 0 Å². The summed E-state index contributed by atoms with van der Waals surface area (Å²) < 4.78 is 5.40. The number of aliphatic hydroxyl groups excluding tert-OH is 1. The minimum atomic E-state index is -1.01. The fourth-order valence-electron chi connectivity index (χ4n) is 1.30. The Labute approximate surface area is 93.6 Å². The molecule has 0 aliphatic rings. The Hall–Kier alpha value is -1.75. The molecule has 0 bridgehead atoms. The van der Waals surface area contributed by atoms with Gasteiger partial charge in [-0.1, -0.05) is 0 Å². The maximum atomic E-state index is 10.3. The van der Waals surface area contributed by atoms with E-state index in [1.54, 1.807) is 12.1 Å². The number of aliphatic carboxylic acids is 1. The van der Waals surface area contributed by atoms with Crippen LogP contribution in [0.3, 0.4) is 0 Å². The molecule has 0 atom stereocenters. The van der Waals surface area contributed by atoms with Crippen LogP contribution in [0.1, 0.15) is 12.7 Å². The molecule has 0 amide bonds. The Morgan fingerprint density at radius 3 is 2.88 bits per heavy atom. The SMILES string of the molecule is CCN(CCO)c1ccc(/C=C/C(=O)O)o1. The number of carboxylic acids is 1. The van der Waals surface area contributed by atoms with Gasteiger partial charge in [-0.05, 0) is 19.1 Å². The van der Waals surface area contributed by atoms with Crippen molar-refractivity contribution >= 4 is 17.9 Å². The Morgan fingerprint density at radius 1 is 1.56 bits per heavy atom. The third-order valence-electron chi connectivity index (χ3n) is 2.07. The van der Waals surface area contributed by atoms with Crippen molar-refractivity contribution in [3.05, 3.63) is 24.0 Å². The third-order valence-corrected chi connectivity index (χ3v) is 2.07. The molecule has 0 saturated carbocycles. The Bertz CT molecular complexity index is 370. The molecule has 0 unspecified atom stereocenters. The number of nitrogens with zero attached hydrogens (tertiary/aromatic N) is 1. The number of aliphatic hydroxyl groups is 1.